The number of aryl methyl sites for hydroxylation is 2. The summed E-state index contributed by atoms with van der Waals surface area (Å²) in [5.41, 5.74) is 1.34. The monoisotopic (exact) mass is 416 g/mol. The molecule has 0 unspecified atom stereocenters. The number of anilines is 1. The zero-order valence-electron chi connectivity index (χ0n) is 16.3. The van der Waals surface area contributed by atoms with Gasteiger partial charge in [-0.25, -0.2) is 0 Å². The van der Waals surface area contributed by atoms with E-state index >= 15 is 0 Å². The molecule has 1 aromatic carbocycles. The summed E-state index contributed by atoms with van der Waals surface area (Å²) in [5, 5.41) is 9.96. The van der Waals surface area contributed by atoms with Crippen LogP contribution in [0.4, 0.5) is 5.69 Å². The van der Waals surface area contributed by atoms with Gasteiger partial charge in [0, 0.05) is 24.8 Å². The van der Waals surface area contributed by atoms with Crippen LogP contribution in [0, 0.1) is 6.92 Å². The number of hydrogen-bond acceptors (Lipinski definition) is 5. The van der Waals surface area contributed by atoms with E-state index in [2.05, 4.69) is 15.7 Å². The minimum Gasteiger partial charge on any atom is -0.485 e. The first-order valence-corrected chi connectivity index (χ1v) is 9.37. The summed E-state index contributed by atoms with van der Waals surface area (Å²) >= 11 is 5.94. The van der Waals surface area contributed by atoms with Gasteiger partial charge in [0.25, 0.3) is 11.8 Å². The van der Waals surface area contributed by atoms with Crippen molar-refractivity contribution >= 4 is 29.1 Å². The molecule has 3 rings (SSSR count). The van der Waals surface area contributed by atoms with Gasteiger partial charge in [0.1, 0.15) is 18.1 Å². The molecule has 9 heteroatoms. The van der Waals surface area contributed by atoms with Gasteiger partial charge in [0.2, 0.25) is 0 Å². The number of nitrogens with zero attached hydrogens (tertiary/aromatic N) is 2. The van der Waals surface area contributed by atoms with Crippen molar-refractivity contribution in [3.8, 4) is 5.75 Å². The molecule has 3 aromatic rings. The van der Waals surface area contributed by atoms with Crippen molar-refractivity contribution in [3.63, 3.8) is 0 Å². The first-order valence-electron chi connectivity index (χ1n) is 8.99. The number of benzene rings is 1. The smallest absolute Gasteiger partial charge is 0.291 e. The summed E-state index contributed by atoms with van der Waals surface area (Å²) in [6, 6.07) is 8.53. The third-order valence-corrected chi connectivity index (χ3v) is 4.40. The van der Waals surface area contributed by atoms with Crippen molar-refractivity contribution < 1.29 is 18.7 Å². The molecule has 8 nitrogen and oxygen atoms in total. The van der Waals surface area contributed by atoms with Gasteiger partial charge in [-0.05, 0) is 49.7 Å². The predicted octanol–water partition coefficient (Wildman–Crippen LogP) is 3.65. The lowest BCUT2D eigenvalue weighted by molar-refractivity contribution is 0.0958. The second-order valence-electron chi connectivity index (χ2n) is 6.24. The van der Waals surface area contributed by atoms with E-state index in [-0.39, 0.29) is 24.0 Å². The second kappa shape index (κ2) is 8.83. The van der Waals surface area contributed by atoms with Crippen molar-refractivity contribution in [3.05, 3.63) is 64.3 Å². The average molecular weight is 417 g/mol. The predicted molar refractivity (Wildman–Crippen MR) is 108 cm³/mol. The third kappa shape index (κ3) is 4.78. The van der Waals surface area contributed by atoms with Gasteiger partial charge < -0.3 is 19.8 Å². The van der Waals surface area contributed by atoms with Crippen LogP contribution in [0.1, 0.15) is 39.3 Å². The topological polar surface area (TPSA) is 98.4 Å². The van der Waals surface area contributed by atoms with Crippen molar-refractivity contribution in [2.75, 3.05) is 12.4 Å². The minimum absolute atomic E-state index is 0.100. The lowest BCUT2D eigenvalue weighted by Gasteiger charge is -2.07. The molecule has 2 aromatic heterocycles. The van der Waals surface area contributed by atoms with Crippen LogP contribution in [0.5, 0.6) is 5.75 Å². The minimum atomic E-state index is -0.486. The largest absolute Gasteiger partial charge is 0.485 e. The molecule has 2 amide bonds. The van der Waals surface area contributed by atoms with Gasteiger partial charge in [-0.15, -0.1) is 0 Å². The highest BCUT2D eigenvalue weighted by atomic mass is 35.5. The highest BCUT2D eigenvalue weighted by Gasteiger charge is 2.20. The summed E-state index contributed by atoms with van der Waals surface area (Å²) in [7, 11) is 1.50. The average Bonchev–Trinajstić information content (AvgIpc) is 3.33. The van der Waals surface area contributed by atoms with Crippen LogP contribution in [0.15, 0.2) is 40.9 Å². The number of rotatable bonds is 7. The van der Waals surface area contributed by atoms with Crippen LogP contribution in [0.25, 0.3) is 0 Å². The highest BCUT2D eigenvalue weighted by molar-refractivity contribution is 6.30. The number of furan rings is 1. The molecule has 152 valence electrons. The van der Waals surface area contributed by atoms with Crippen molar-refractivity contribution in [2.24, 2.45) is 0 Å². The summed E-state index contributed by atoms with van der Waals surface area (Å²) in [6.07, 6.45) is 1.60. The summed E-state index contributed by atoms with van der Waals surface area (Å²) < 4.78 is 12.9. The van der Waals surface area contributed by atoms with Crippen molar-refractivity contribution in [1.29, 1.82) is 0 Å². The van der Waals surface area contributed by atoms with E-state index in [0.29, 0.717) is 28.8 Å². The Balaban J connectivity index is 1.68. The molecule has 0 saturated heterocycles. The van der Waals surface area contributed by atoms with E-state index in [9.17, 15) is 9.59 Å². The normalized spacial score (nSPS) is 10.6. The van der Waals surface area contributed by atoms with Gasteiger partial charge in [-0.3, -0.25) is 14.3 Å². The van der Waals surface area contributed by atoms with E-state index in [1.807, 2.05) is 13.8 Å². The summed E-state index contributed by atoms with van der Waals surface area (Å²) in [4.78, 5) is 24.5. The molecule has 2 N–H and O–H groups in total. The van der Waals surface area contributed by atoms with Crippen LogP contribution in [-0.2, 0) is 13.2 Å². The maximum atomic E-state index is 12.5. The first kappa shape index (κ1) is 20.5. The molecule has 0 saturated carbocycles. The van der Waals surface area contributed by atoms with E-state index in [4.69, 9.17) is 20.8 Å². The summed E-state index contributed by atoms with van der Waals surface area (Å²) in [6.45, 7) is 4.50. The van der Waals surface area contributed by atoms with Crippen LogP contribution in [0.3, 0.4) is 0 Å². The third-order valence-electron chi connectivity index (χ3n) is 4.17. The Labute approximate surface area is 172 Å². The molecule has 0 radical (unpaired) electrons. The zero-order valence-corrected chi connectivity index (χ0v) is 17.0. The number of amides is 2. The van der Waals surface area contributed by atoms with Crippen LogP contribution in [-0.4, -0.2) is 28.6 Å². The van der Waals surface area contributed by atoms with Crippen LogP contribution >= 0.6 is 11.6 Å². The maximum Gasteiger partial charge on any atom is 0.291 e. The van der Waals surface area contributed by atoms with Gasteiger partial charge in [-0.2, -0.15) is 5.10 Å². The molecule has 29 heavy (non-hydrogen) atoms. The maximum absolute atomic E-state index is 12.5. The van der Waals surface area contributed by atoms with E-state index in [1.54, 1.807) is 41.2 Å². The molecule has 0 fully saturated rings. The van der Waals surface area contributed by atoms with Gasteiger partial charge in [-0.1, -0.05) is 11.6 Å². The first-order chi connectivity index (χ1) is 13.9. The Bertz CT molecular complexity index is 1040. The van der Waals surface area contributed by atoms with Crippen LogP contribution in [0.2, 0.25) is 5.02 Å². The molecule has 0 spiro atoms. The molecule has 0 aliphatic carbocycles. The van der Waals surface area contributed by atoms with Crippen LogP contribution < -0.4 is 15.4 Å². The molecular formula is C20H21ClN4O4. The Hall–Kier alpha value is -3.26. The highest BCUT2D eigenvalue weighted by Crippen LogP contribution is 2.23. The standard InChI is InChI=1S/C20H21ClN4O4/c1-4-25-10-15(18(24-25)20(27)22-3)23-19(26)17-8-6-14(29-17)11-28-16-7-5-13(21)9-12(16)2/h5-10H,4,11H2,1-3H3,(H,22,27)(H,23,26). The van der Waals surface area contributed by atoms with Gasteiger partial charge >= 0.3 is 0 Å². The quantitative estimate of drug-likeness (QED) is 0.612. The fraction of sp³-hybridized carbons (Fsp3) is 0.250. The van der Waals surface area contributed by atoms with E-state index < -0.39 is 5.91 Å². The molecule has 0 aliphatic heterocycles. The second-order valence-corrected chi connectivity index (χ2v) is 6.68. The van der Waals surface area contributed by atoms with E-state index in [0.717, 1.165) is 5.56 Å². The fourth-order valence-electron chi connectivity index (χ4n) is 2.65. The number of halogens is 1. The number of hydrogen-bond donors (Lipinski definition) is 2. The van der Waals surface area contributed by atoms with Crippen molar-refractivity contribution in [1.82, 2.24) is 15.1 Å². The lowest BCUT2D eigenvalue weighted by atomic mass is 10.2. The Morgan fingerprint density at radius 1 is 1.24 bits per heavy atom. The number of aromatic nitrogens is 2. The molecule has 0 aliphatic rings. The Morgan fingerprint density at radius 3 is 2.72 bits per heavy atom. The Morgan fingerprint density at radius 2 is 2.03 bits per heavy atom. The zero-order chi connectivity index (χ0) is 21.0. The number of carbonyl (C=O) groups excluding carboxylic acids is 2. The number of ether oxygens (including phenoxy) is 1. The molecule has 0 bridgehead atoms. The SMILES string of the molecule is CCn1cc(NC(=O)c2ccc(COc3ccc(Cl)cc3C)o2)c(C(=O)NC)n1. The van der Waals surface area contributed by atoms with E-state index in [1.165, 1.54) is 7.05 Å². The Kier molecular flexibility index (Phi) is 6.23. The lowest BCUT2D eigenvalue weighted by Crippen LogP contribution is -2.21. The number of carbonyl (C=O) groups is 2. The van der Waals surface area contributed by atoms with Crippen molar-refractivity contribution in [2.45, 2.75) is 27.0 Å². The molecule has 2 heterocycles. The molecular weight excluding hydrogens is 396 g/mol. The number of nitrogens with one attached hydrogen (secondary N) is 2. The fourth-order valence-corrected chi connectivity index (χ4v) is 2.87. The van der Waals surface area contributed by atoms with Gasteiger partial charge in [0.15, 0.2) is 11.5 Å². The molecule has 0 atom stereocenters. The summed E-state index contributed by atoms with van der Waals surface area (Å²) in [5.74, 6) is 0.391. The van der Waals surface area contributed by atoms with Gasteiger partial charge in [0.05, 0.1) is 5.69 Å².